The van der Waals surface area contributed by atoms with Crippen LogP contribution in [0.25, 0.3) is 16.7 Å². The highest BCUT2D eigenvalue weighted by atomic mass is 32.2. The van der Waals surface area contributed by atoms with E-state index >= 15 is 0 Å². The lowest BCUT2D eigenvalue weighted by atomic mass is 10.0. The Labute approximate surface area is 190 Å². The molecule has 32 heavy (non-hydrogen) atoms. The van der Waals surface area contributed by atoms with Gasteiger partial charge in [-0.15, -0.1) is 0 Å². The van der Waals surface area contributed by atoms with Crippen LogP contribution < -0.4 is 10.5 Å². The zero-order valence-corrected chi connectivity index (χ0v) is 18.9. The molecule has 3 heterocycles. The smallest absolute Gasteiger partial charge is 0.283 e. The van der Waals surface area contributed by atoms with Gasteiger partial charge in [-0.3, -0.25) is 14.2 Å². The second-order valence-corrected chi connectivity index (χ2v) is 9.09. The third-order valence-corrected chi connectivity index (χ3v) is 6.71. The number of hydrogen-bond acceptors (Lipinski definition) is 4. The maximum atomic E-state index is 13.3. The van der Waals surface area contributed by atoms with Gasteiger partial charge >= 0.3 is 0 Å². The van der Waals surface area contributed by atoms with E-state index in [0.717, 1.165) is 35.5 Å². The second-order valence-electron chi connectivity index (χ2n) is 8.15. The molecule has 6 nitrogen and oxygen atoms in total. The van der Waals surface area contributed by atoms with E-state index < -0.39 is 0 Å². The molecule has 1 aliphatic heterocycles. The summed E-state index contributed by atoms with van der Waals surface area (Å²) in [6, 6.07) is 17.7. The first kappa shape index (κ1) is 20.6. The number of nitrogens with one attached hydrogen (secondary N) is 1. The summed E-state index contributed by atoms with van der Waals surface area (Å²) in [6.07, 6.45) is 1.94. The van der Waals surface area contributed by atoms with Crippen LogP contribution in [0.5, 0.6) is 0 Å². The van der Waals surface area contributed by atoms with E-state index in [9.17, 15) is 9.59 Å². The normalized spacial score (nSPS) is 13.4. The summed E-state index contributed by atoms with van der Waals surface area (Å²) in [5.74, 6) is 0.235. The molecule has 0 saturated heterocycles. The third-order valence-electron chi connectivity index (χ3n) is 5.78. The summed E-state index contributed by atoms with van der Waals surface area (Å²) in [7, 11) is 0. The molecule has 4 aromatic rings. The molecule has 0 aliphatic carbocycles. The van der Waals surface area contributed by atoms with Crippen molar-refractivity contribution < 1.29 is 4.79 Å². The standard InChI is InChI=1S/C25H24N4O2S/c1-16-9-11-19(12-10-16)29-24(31)23-20(14-17(2)26-23)27-25(29)32-15-22(30)28-13-5-7-18-6-3-4-8-21(18)28/h3-4,6,8-12,14,26H,5,7,13,15H2,1-2H3. The van der Waals surface area contributed by atoms with Crippen LogP contribution in [0.4, 0.5) is 5.69 Å². The molecule has 5 rings (SSSR count). The Morgan fingerprint density at radius 2 is 1.91 bits per heavy atom. The minimum absolute atomic E-state index is 0.0252. The number of rotatable bonds is 4. The number of nitrogens with zero attached hydrogens (tertiary/aromatic N) is 3. The molecule has 0 fully saturated rings. The number of carbonyl (C=O) groups is 1. The van der Waals surface area contributed by atoms with Crippen LogP contribution in [0.3, 0.4) is 0 Å². The van der Waals surface area contributed by atoms with Crippen LogP contribution in [-0.4, -0.2) is 32.7 Å². The second kappa shape index (κ2) is 8.31. The van der Waals surface area contributed by atoms with Crippen LogP contribution >= 0.6 is 11.8 Å². The Bertz CT molecular complexity index is 1370. The lowest BCUT2D eigenvalue weighted by Crippen LogP contribution is -2.36. The van der Waals surface area contributed by atoms with Crippen LogP contribution in [0.2, 0.25) is 0 Å². The number of thioether (sulfide) groups is 1. The Balaban J connectivity index is 1.50. The molecule has 0 atom stereocenters. The maximum absolute atomic E-state index is 13.3. The number of anilines is 1. The first-order valence-electron chi connectivity index (χ1n) is 10.7. The fraction of sp³-hybridized carbons (Fsp3) is 0.240. The zero-order chi connectivity index (χ0) is 22.2. The van der Waals surface area contributed by atoms with Gasteiger partial charge in [-0.25, -0.2) is 4.98 Å². The molecule has 1 aliphatic rings. The number of hydrogen-bond donors (Lipinski definition) is 1. The summed E-state index contributed by atoms with van der Waals surface area (Å²) in [4.78, 5) is 36.2. The van der Waals surface area contributed by atoms with Crippen molar-refractivity contribution in [2.24, 2.45) is 0 Å². The minimum atomic E-state index is -0.162. The van der Waals surface area contributed by atoms with Gasteiger partial charge in [0.1, 0.15) is 5.52 Å². The van der Waals surface area contributed by atoms with Gasteiger partial charge in [-0.1, -0.05) is 47.7 Å². The Morgan fingerprint density at radius 3 is 2.72 bits per heavy atom. The fourth-order valence-electron chi connectivity index (χ4n) is 4.19. The van der Waals surface area contributed by atoms with Gasteiger partial charge in [0.15, 0.2) is 5.16 Å². The van der Waals surface area contributed by atoms with Crippen molar-refractivity contribution >= 4 is 34.4 Å². The minimum Gasteiger partial charge on any atom is -0.353 e. The molecule has 162 valence electrons. The average Bonchev–Trinajstić information content (AvgIpc) is 3.18. The number of amides is 1. The van der Waals surface area contributed by atoms with E-state index in [-0.39, 0.29) is 17.2 Å². The summed E-state index contributed by atoms with van der Waals surface area (Å²) in [5, 5.41) is 0.518. The average molecular weight is 445 g/mol. The molecule has 1 N–H and O–H groups in total. The fourth-order valence-corrected chi connectivity index (χ4v) is 5.08. The van der Waals surface area contributed by atoms with Gasteiger partial charge in [0, 0.05) is 17.9 Å². The van der Waals surface area contributed by atoms with Crippen LogP contribution in [0.1, 0.15) is 23.2 Å². The van der Waals surface area contributed by atoms with Gasteiger partial charge in [-0.2, -0.15) is 0 Å². The first-order chi connectivity index (χ1) is 15.5. The lowest BCUT2D eigenvalue weighted by molar-refractivity contribution is -0.116. The Kier molecular flexibility index (Phi) is 5.35. The molecule has 0 spiro atoms. The number of fused-ring (bicyclic) bond motifs is 2. The van der Waals surface area contributed by atoms with Gasteiger partial charge < -0.3 is 9.88 Å². The highest BCUT2D eigenvalue weighted by Gasteiger charge is 2.23. The number of aromatic amines is 1. The Hall–Kier alpha value is -3.32. The molecular formula is C25H24N4O2S. The number of para-hydroxylation sites is 1. The van der Waals surface area contributed by atoms with Gasteiger partial charge in [0.2, 0.25) is 5.91 Å². The number of aryl methyl sites for hydroxylation is 3. The van der Waals surface area contributed by atoms with Crippen molar-refractivity contribution in [3.63, 3.8) is 0 Å². The number of benzene rings is 2. The van der Waals surface area contributed by atoms with Gasteiger partial charge in [0.05, 0.1) is 17.0 Å². The van der Waals surface area contributed by atoms with Crippen molar-refractivity contribution in [3.8, 4) is 5.69 Å². The van der Waals surface area contributed by atoms with E-state index in [2.05, 4.69) is 11.1 Å². The molecule has 0 bridgehead atoms. The molecule has 0 unspecified atom stereocenters. The van der Waals surface area contributed by atoms with E-state index in [1.165, 1.54) is 17.3 Å². The molecule has 1 amide bonds. The van der Waals surface area contributed by atoms with E-state index in [4.69, 9.17) is 4.98 Å². The van der Waals surface area contributed by atoms with E-state index in [1.54, 1.807) is 4.57 Å². The molecular weight excluding hydrogens is 420 g/mol. The van der Waals surface area contributed by atoms with Gasteiger partial charge in [-0.05, 0) is 56.5 Å². The summed E-state index contributed by atoms with van der Waals surface area (Å²) >= 11 is 1.31. The van der Waals surface area contributed by atoms with Crippen molar-refractivity contribution in [2.45, 2.75) is 31.8 Å². The lowest BCUT2D eigenvalue weighted by Gasteiger charge is -2.29. The summed E-state index contributed by atoms with van der Waals surface area (Å²) < 4.78 is 1.60. The monoisotopic (exact) mass is 444 g/mol. The summed E-state index contributed by atoms with van der Waals surface area (Å²) in [6.45, 7) is 4.62. The number of carbonyl (C=O) groups excluding carboxylic acids is 1. The van der Waals surface area contributed by atoms with Crippen molar-refractivity contribution in [3.05, 3.63) is 81.8 Å². The number of aromatic nitrogens is 3. The molecule has 2 aromatic heterocycles. The van der Waals surface area contributed by atoms with Crippen molar-refractivity contribution in [2.75, 3.05) is 17.2 Å². The quantitative estimate of drug-likeness (QED) is 0.374. The van der Waals surface area contributed by atoms with E-state index in [0.29, 0.717) is 22.7 Å². The highest BCUT2D eigenvalue weighted by Crippen LogP contribution is 2.28. The topological polar surface area (TPSA) is 71.0 Å². The zero-order valence-electron chi connectivity index (χ0n) is 18.1. The molecule has 0 saturated carbocycles. The Morgan fingerprint density at radius 1 is 1.12 bits per heavy atom. The number of H-pyrrole nitrogens is 1. The van der Waals surface area contributed by atoms with Crippen molar-refractivity contribution in [1.82, 2.24) is 14.5 Å². The van der Waals surface area contributed by atoms with E-state index in [1.807, 2.05) is 67.3 Å². The van der Waals surface area contributed by atoms with Crippen LogP contribution in [0, 0.1) is 13.8 Å². The predicted molar refractivity (Wildman–Crippen MR) is 129 cm³/mol. The van der Waals surface area contributed by atoms with Crippen LogP contribution in [0.15, 0.2) is 64.5 Å². The largest absolute Gasteiger partial charge is 0.353 e. The maximum Gasteiger partial charge on any atom is 0.283 e. The first-order valence-corrected chi connectivity index (χ1v) is 11.7. The van der Waals surface area contributed by atoms with Crippen LogP contribution in [-0.2, 0) is 11.2 Å². The predicted octanol–water partition coefficient (Wildman–Crippen LogP) is 4.40. The molecule has 7 heteroatoms. The molecule has 0 radical (unpaired) electrons. The summed E-state index contributed by atoms with van der Waals surface area (Å²) in [5.41, 5.74) is 5.85. The SMILES string of the molecule is Cc1ccc(-n2c(SCC(=O)N3CCCc4ccccc43)nc3cc(C)[nH]c3c2=O)cc1. The van der Waals surface area contributed by atoms with Gasteiger partial charge in [0.25, 0.3) is 5.56 Å². The third kappa shape index (κ3) is 3.73. The van der Waals surface area contributed by atoms with Crippen molar-refractivity contribution in [1.29, 1.82) is 0 Å². The highest BCUT2D eigenvalue weighted by molar-refractivity contribution is 7.99. The molecule has 2 aromatic carbocycles.